The van der Waals surface area contributed by atoms with E-state index in [1.165, 1.54) is 30.5 Å². The Bertz CT molecular complexity index is 949. The fourth-order valence-corrected chi connectivity index (χ4v) is 3.91. The highest BCUT2D eigenvalue weighted by Crippen LogP contribution is 2.31. The van der Waals surface area contributed by atoms with E-state index in [4.69, 9.17) is 9.68 Å². The van der Waals surface area contributed by atoms with Crippen LogP contribution in [0.2, 0.25) is 0 Å². The molecule has 2 aromatic carbocycles. The fourth-order valence-electron chi connectivity index (χ4n) is 3.91. The highest BCUT2D eigenvalue weighted by molar-refractivity contribution is 5.67. The zero-order chi connectivity index (χ0) is 18.6. The molecule has 0 amide bonds. The molecule has 4 rings (SSSR count). The second-order valence-corrected chi connectivity index (χ2v) is 7.29. The number of furan rings is 1. The smallest absolute Gasteiger partial charge is 0.135 e. The van der Waals surface area contributed by atoms with Gasteiger partial charge in [-0.3, -0.25) is 0 Å². The first-order valence-corrected chi connectivity index (χ1v) is 9.67. The molecule has 1 atom stereocenters. The van der Waals surface area contributed by atoms with E-state index in [-0.39, 0.29) is 0 Å². The highest BCUT2D eigenvalue weighted by Gasteiger charge is 2.20. The minimum atomic E-state index is 0.659. The largest absolute Gasteiger partial charge is 0.456 e. The van der Waals surface area contributed by atoms with Gasteiger partial charge < -0.3 is 9.32 Å². The molecule has 0 radical (unpaired) electrons. The van der Waals surface area contributed by atoms with Gasteiger partial charge in [-0.1, -0.05) is 24.3 Å². The van der Waals surface area contributed by atoms with Gasteiger partial charge in [-0.2, -0.15) is 5.26 Å². The topological polar surface area (TPSA) is 40.2 Å². The second kappa shape index (κ2) is 7.82. The minimum Gasteiger partial charge on any atom is -0.456 e. The Morgan fingerprint density at radius 2 is 1.81 bits per heavy atom. The third-order valence-electron chi connectivity index (χ3n) is 5.55. The molecule has 0 aliphatic carbocycles. The summed E-state index contributed by atoms with van der Waals surface area (Å²) in [5.74, 6) is 1.73. The lowest BCUT2D eigenvalue weighted by atomic mass is 10.0. The quantitative estimate of drug-likeness (QED) is 0.605. The van der Waals surface area contributed by atoms with Crippen molar-refractivity contribution in [2.45, 2.75) is 32.2 Å². The molecular formula is C24H24N2O. The van der Waals surface area contributed by atoms with Crippen LogP contribution in [0.1, 0.15) is 30.9 Å². The molecule has 3 heteroatoms. The fraction of sp³-hybridized carbons (Fsp3) is 0.292. The summed E-state index contributed by atoms with van der Waals surface area (Å²) < 4.78 is 6.17. The molecule has 0 spiro atoms. The molecule has 1 aliphatic heterocycles. The van der Waals surface area contributed by atoms with Crippen LogP contribution in [-0.4, -0.2) is 24.0 Å². The summed E-state index contributed by atoms with van der Waals surface area (Å²) in [7, 11) is 0. The van der Waals surface area contributed by atoms with Gasteiger partial charge in [-0.05, 0) is 74.7 Å². The van der Waals surface area contributed by atoms with Gasteiger partial charge in [0.25, 0.3) is 0 Å². The van der Waals surface area contributed by atoms with Crippen molar-refractivity contribution in [3.8, 4) is 28.7 Å². The zero-order valence-corrected chi connectivity index (χ0v) is 15.7. The zero-order valence-electron chi connectivity index (χ0n) is 15.7. The van der Waals surface area contributed by atoms with Crippen molar-refractivity contribution in [3.05, 3.63) is 71.8 Å². The van der Waals surface area contributed by atoms with E-state index in [2.05, 4.69) is 42.2 Å². The SMILES string of the molecule is C[C@H]1CCCN1CCc1ccccc1-c1ccc(-c2ccc(C#N)cc2)o1. The molecular weight excluding hydrogens is 332 g/mol. The summed E-state index contributed by atoms with van der Waals surface area (Å²) in [6.07, 6.45) is 3.66. The summed E-state index contributed by atoms with van der Waals surface area (Å²) in [5, 5.41) is 8.95. The van der Waals surface area contributed by atoms with E-state index in [0.717, 1.165) is 30.0 Å². The summed E-state index contributed by atoms with van der Waals surface area (Å²) in [5.41, 5.74) is 4.15. The minimum absolute atomic E-state index is 0.659. The average molecular weight is 356 g/mol. The number of rotatable bonds is 5. The third-order valence-corrected chi connectivity index (χ3v) is 5.55. The van der Waals surface area contributed by atoms with Gasteiger partial charge in [0.2, 0.25) is 0 Å². The summed E-state index contributed by atoms with van der Waals surface area (Å²) in [6.45, 7) is 4.64. The van der Waals surface area contributed by atoms with Crippen molar-refractivity contribution < 1.29 is 4.42 Å². The molecule has 27 heavy (non-hydrogen) atoms. The first-order valence-electron chi connectivity index (χ1n) is 9.67. The predicted octanol–water partition coefficient (Wildman–Crippen LogP) is 5.51. The molecule has 3 aromatic rings. The van der Waals surface area contributed by atoms with Crippen LogP contribution in [-0.2, 0) is 6.42 Å². The first-order chi connectivity index (χ1) is 13.2. The lowest BCUT2D eigenvalue weighted by Crippen LogP contribution is -2.29. The Kier molecular flexibility index (Phi) is 5.09. The van der Waals surface area contributed by atoms with Gasteiger partial charge in [0.1, 0.15) is 11.5 Å². The van der Waals surface area contributed by atoms with Crippen LogP contribution >= 0.6 is 0 Å². The van der Waals surface area contributed by atoms with E-state index in [9.17, 15) is 0 Å². The van der Waals surface area contributed by atoms with Gasteiger partial charge >= 0.3 is 0 Å². The van der Waals surface area contributed by atoms with E-state index in [1.807, 2.05) is 36.4 Å². The van der Waals surface area contributed by atoms with E-state index < -0.39 is 0 Å². The normalized spacial score (nSPS) is 17.1. The van der Waals surface area contributed by atoms with Crippen LogP contribution in [0.4, 0.5) is 0 Å². The van der Waals surface area contributed by atoms with Gasteiger partial charge in [-0.15, -0.1) is 0 Å². The third kappa shape index (κ3) is 3.82. The molecule has 0 unspecified atom stereocenters. The number of nitrogens with zero attached hydrogens (tertiary/aromatic N) is 2. The molecule has 1 aromatic heterocycles. The standard InChI is InChI=1S/C24H24N2O/c1-18-5-4-15-26(18)16-14-20-6-2-3-7-22(20)24-13-12-23(27-24)21-10-8-19(17-25)9-11-21/h2-3,6-13,18H,4-5,14-16H2,1H3/t18-/m0/s1. The maximum absolute atomic E-state index is 8.95. The molecule has 3 nitrogen and oxygen atoms in total. The van der Waals surface area contributed by atoms with E-state index in [0.29, 0.717) is 11.6 Å². The van der Waals surface area contributed by atoms with Gasteiger partial charge in [0, 0.05) is 23.7 Å². The van der Waals surface area contributed by atoms with Crippen LogP contribution in [0.5, 0.6) is 0 Å². The second-order valence-electron chi connectivity index (χ2n) is 7.29. The number of hydrogen-bond donors (Lipinski definition) is 0. The van der Waals surface area contributed by atoms with Gasteiger partial charge in [0.05, 0.1) is 11.6 Å². The van der Waals surface area contributed by atoms with Crippen LogP contribution < -0.4 is 0 Å². The van der Waals surface area contributed by atoms with E-state index >= 15 is 0 Å². The average Bonchev–Trinajstić information content (AvgIpc) is 3.36. The number of benzene rings is 2. The van der Waals surface area contributed by atoms with Crippen molar-refractivity contribution >= 4 is 0 Å². The molecule has 0 N–H and O–H groups in total. The van der Waals surface area contributed by atoms with Crippen molar-refractivity contribution in [1.82, 2.24) is 4.90 Å². The Morgan fingerprint density at radius 1 is 1.04 bits per heavy atom. The monoisotopic (exact) mass is 356 g/mol. The van der Waals surface area contributed by atoms with Crippen molar-refractivity contribution in [2.24, 2.45) is 0 Å². The predicted molar refractivity (Wildman–Crippen MR) is 108 cm³/mol. The maximum atomic E-state index is 8.95. The summed E-state index contributed by atoms with van der Waals surface area (Å²) >= 11 is 0. The molecule has 1 aliphatic rings. The Hall–Kier alpha value is -2.83. The highest BCUT2D eigenvalue weighted by atomic mass is 16.3. The Labute approximate surface area is 160 Å². The molecule has 1 fully saturated rings. The molecule has 0 bridgehead atoms. The molecule has 136 valence electrons. The first kappa shape index (κ1) is 17.6. The molecule has 2 heterocycles. The van der Waals surface area contributed by atoms with Gasteiger partial charge in [0.15, 0.2) is 0 Å². The van der Waals surface area contributed by atoms with Crippen LogP contribution in [0.3, 0.4) is 0 Å². The van der Waals surface area contributed by atoms with Crippen LogP contribution in [0.25, 0.3) is 22.6 Å². The van der Waals surface area contributed by atoms with Crippen LogP contribution in [0.15, 0.2) is 65.1 Å². The number of likely N-dealkylation sites (tertiary alicyclic amines) is 1. The van der Waals surface area contributed by atoms with Gasteiger partial charge in [-0.25, -0.2) is 0 Å². The van der Waals surface area contributed by atoms with Crippen molar-refractivity contribution in [2.75, 3.05) is 13.1 Å². The molecule has 1 saturated heterocycles. The van der Waals surface area contributed by atoms with Crippen molar-refractivity contribution in [3.63, 3.8) is 0 Å². The summed E-state index contributed by atoms with van der Waals surface area (Å²) in [4.78, 5) is 2.58. The molecule has 0 saturated carbocycles. The van der Waals surface area contributed by atoms with E-state index in [1.54, 1.807) is 0 Å². The Morgan fingerprint density at radius 3 is 2.56 bits per heavy atom. The van der Waals surface area contributed by atoms with Crippen LogP contribution in [0, 0.1) is 11.3 Å². The lowest BCUT2D eigenvalue weighted by molar-refractivity contribution is 0.272. The number of nitriles is 1. The number of hydrogen-bond acceptors (Lipinski definition) is 3. The lowest BCUT2D eigenvalue weighted by Gasteiger charge is -2.21. The van der Waals surface area contributed by atoms with Crippen molar-refractivity contribution in [1.29, 1.82) is 5.26 Å². The summed E-state index contributed by atoms with van der Waals surface area (Å²) in [6, 6.07) is 22.9. The maximum Gasteiger partial charge on any atom is 0.135 e. The Balaban J connectivity index is 1.55.